The molecule has 3 rings (SSSR count). The average molecular weight is 297 g/mol. The zero-order chi connectivity index (χ0) is 15.7. The van der Waals surface area contributed by atoms with E-state index in [4.69, 9.17) is 5.11 Å². The van der Waals surface area contributed by atoms with Crippen molar-refractivity contribution in [3.63, 3.8) is 0 Å². The van der Waals surface area contributed by atoms with Crippen molar-refractivity contribution in [2.24, 2.45) is 15.9 Å². The highest BCUT2D eigenvalue weighted by atomic mass is 16.4. The molecule has 7 nitrogen and oxygen atoms in total. The number of hydrogen-bond acceptors (Lipinski definition) is 4. The number of rotatable bonds is 2. The normalized spacial score (nSPS) is 21.3. The first-order chi connectivity index (χ1) is 10.5. The van der Waals surface area contributed by atoms with Gasteiger partial charge >= 0.3 is 5.97 Å². The van der Waals surface area contributed by atoms with Crippen LogP contribution >= 0.6 is 0 Å². The van der Waals surface area contributed by atoms with E-state index in [1.807, 2.05) is 0 Å². The number of aromatic carboxylic acids is 1. The van der Waals surface area contributed by atoms with Crippen LogP contribution in [0.1, 0.15) is 10.4 Å². The predicted octanol–water partition coefficient (Wildman–Crippen LogP) is 1.39. The van der Waals surface area contributed by atoms with Crippen LogP contribution in [0.4, 0.5) is 5.69 Å². The van der Waals surface area contributed by atoms with E-state index >= 15 is 0 Å². The van der Waals surface area contributed by atoms with Crippen molar-refractivity contribution >= 4 is 29.2 Å². The third-order valence-electron chi connectivity index (χ3n) is 3.20. The molecule has 110 valence electrons. The summed E-state index contributed by atoms with van der Waals surface area (Å²) in [5.74, 6) is -2.21. The molecule has 1 unspecified atom stereocenters. The molecule has 0 aromatic heterocycles. The second kappa shape index (κ2) is 5.28. The van der Waals surface area contributed by atoms with Crippen molar-refractivity contribution in [3.8, 4) is 5.75 Å². The number of allylic oxidation sites excluding steroid dienone is 3. The van der Waals surface area contributed by atoms with Crippen molar-refractivity contribution in [2.75, 3.05) is 0 Å². The largest absolute Gasteiger partial charge is 0.507 e. The van der Waals surface area contributed by atoms with Crippen molar-refractivity contribution < 1.29 is 19.8 Å². The van der Waals surface area contributed by atoms with Crippen LogP contribution in [0.3, 0.4) is 0 Å². The van der Waals surface area contributed by atoms with Gasteiger partial charge in [-0.25, -0.2) is 14.8 Å². The van der Waals surface area contributed by atoms with Gasteiger partial charge in [0.25, 0.3) is 0 Å². The van der Waals surface area contributed by atoms with E-state index in [0.29, 0.717) is 5.71 Å². The van der Waals surface area contributed by atoms with Gasteiger partial charge in [-0.2, -0.15) is 0 Å². The van der Waals surface area contributed by atoms with Crippen LogP contribution < -0.4 is 5.32 Å². The minimum Gasteiger partial charge on any atom is -0.507 e. The fourth-order valence-corrected chi connectivity index (χ4v) is 2.14. The Kier molecular flexibility index (Phi) is 3.30. The molecule has 3 N–H and O–H groups in total. The second-order valence-corrected chi connectivity index (χ2v) is 4.69. The molecule has 2 aliphatic rings. The summed E-state index contributed by atoms with van der Waals surface area (Å²) in [6, 6.07) is 3.87. The number of benzene rings is 1. The lowest BCUT2D eigenvalue weighted by Crippen LogP contribution is -2.42. The first-order valence-electron chi connectivity index (χ1n) is 6.44. The molecule has 0 fully saturated rings. The third-order valence-corrected chi connectivity index (χ3v) is 3.20. The average Bonchev–Trinajstić information content (AvgIpc) is 2.49. The number of hydrogen-bond donors (Lipinski definition) is 3. The maximum Gasteiger partial charge on any atom is 0.339 e. The van der Waals surface area contributed by atoms with E-state index in [2.05, 4.69) is 15.3 Å². The molecule has 1 heterocycles. The number of carboxylic acid groups (broad SMARTS) is 1. The van der Waals surface area contributed by atoms with Crippen LogP contribution in [0, 0.1) is 5.92 Å². The smallest absolute Gasteiger partial charge is 0.339 e. The van der Waals surface area contributed by atoms with E-state index in [1.165, 1.54) is 18.2 Å². The summed E-state index contributed by atoms with van der Waals surface area (Å²) < 4.78 is 0. The third kappa shape index (κ3) is 2.51. The zero-order valence-electron chi connectivity index (χ0n) is 11.2. The SMILES string of the molecule is O=C(O)c1cc(N=C2N=C3C=CC=CC3C(=O)N2)ccc1O. The number of phenols is 1. The van der Waals surface area contributed by atoms with E-state index in [1.54, 1.807) is 24.3 Å². The molecule has 1 atom stereocenters. The van der Waals surface area contributed by atoms with Crippen LogP contribution in [0.15, 0.2) is 52.5 Å². The van der Waals surface area contributed by atoms with Crippen molar-refractivity contribution in [2.45, 2.75) is 0 Å². The quantitative estimate of drug-likeness (QED) is 0.765. The van der Waals surface area contributed by atoms with Gasteiger partial charge in [0.15, 0.2) is 0 Å². The zero-order valence-corrected chi connectivity index (χ0v) is 11.2. The van der Waals surface area contributed by atoms with Crippen LogP contribution in [-0.4, -0.2) is 33.8 Å². The molecular formula is C15H11N3O4. The Morgan fingerprint density at radius 1 is 1.32 bits per heavy atom. The molecule has 0 spiro atoms. The number of amides is 1. The maximum absolute atomic E-state index is 12.0. The first-order valence-corrected chi connectivity index (χ1v) is 6.44. The number of guanidine groups is 1. The highest BCUT2D eigenvalue weighted by Crippen LogP contribution is 2.24. The Bertz CT molecular complexity index is 790. The number of aliphatic imine (C=N–C) groups is 2. The van der Waals surface area contributed by atoms with Crippen LogP contribution in [0.25, 0.3) is 0 Å². The van der Waals surface area contributed by atoms with Crippen LogP contribution in [-0.2, 0) is 4.79 Å². The van der Waals surface area contributed by atoms with E-state index in [0.717, 1.165) is 0 Å². The van der Waals surface area contributed by atoms with E-state index in [-0.39, 0.29) is 28.9 Å². The predicted molar refractivity (Wildman–Crippen MR) is 79.5 cm³/mol. The number of aromatic hydroxyl groups is 1. The topological polar surface area (TPSA) is 111 Å². The summed E-state index contributed by atoms with van der Waals surface area (Å²) in [5, 5.41) is 21.0. The molecule has 22 heavy (non-hydrogen) atoms. The molecule has 1 aliphatic carbocycles. The lowest BCUT2D eigenvalue weighted by Gasteiger charge is -2.20. The minimum absolute atomic E-state index is 0.0817. The van der Waals surface area contributed by atoms with Gasteiger partial charge in [0.1, 0.15) is 11.3 Å². The van der Waals surface area contributed by atoms with Gasteiger partial charge < -0.3 is 10.2 Å². The Morgan fingerprint density at radius 2 is 2.14 bits per heavy atom. The monoisotopic (exact) mass is 297 g/mol. The Labute approximate surface area is 125 Å². The fourth-order valence-electron chi connectivity index (χ4n) is 2.14. The molecule has 1 amide bonds. The fraction of sp³-hybridized carbons (Fsp3) is 0.0667. The molecule has 1 aromatic carbocycles. The number of fused-ring (bicyclic) bond motifs is 1. The van der Waals surface area contributed by atoms with Gasteiger partial charge in [0.2, 0.25) is 11.9 Å². The summed E-state index contributed by atoms with van der Waals surface area (Å²) in [4.78, 5) is 31.3. The van der Waals surface area contributed by atoms with Crippen molar-refractivity contribution in [1.82, 2.24) is 5.32 Å². The highest BCUT2D eigenvalue weighted by Gasteiger charge is 2.27. The van der Waals surface area contributed by atoms with Gasteiger partial charge in [-0.3, -0.25) is 10.1 Å². The minimum atomic E-state index is -1.26. The Hall–Kier alpha value is -3.22. The summed E-state index contributed by atoms with van der Waals surface area (Å²) in [5.41, 5.74) is 0.570. The van der Waals surface area contributed by atoms with Gasteiger partial charge in [-0.05, 0) is 24.3 Å². The number of carboxylic acids is 1. The highest BCUT2D eigenvalue weighted by molar-refractivity contribution is 6.22. The van der Waals surface area contributed by atoms with Crippen LogP contribution in [0.5, 0.6) is 5.75 Å². The van der Waals surface area contributed by atoms with E-state index < -0.39 is 11.9 Å². The van der Waals surface area contributed by atoms with Gasteiger partial charge in [0, 0.05) is 0 Å². The molecule has 0 saturated heterocycles. The molecule has 0 radical (unpaired) electrons. The van der Waals surface area contributed by atoms with Crippen LogP contribution in [0.2, 0.25) is 0 Å². The number of carbonyl (C=O) groups excluding carboxylic acids is 1. The van der Waals surface area contributed by atoms with Crippen molar-refractivity contribution in [3.05, 3.63) is 48.1 Å². The van der Waals surface area contributed by atoms with E-state index in [9.17, 15) is 14.7 Å². The summed E-state index contributed by atoms with van der Waals surface area (Å²) in [6.45, 7) is 0. The molecule has 1 aromatic rings. The summed E-state index contributed by atoms with van der Waals surface area (Å²) >= 11 is 0. The van der Waals surface area contributed by atoms with Gasteiger partial charge in [-0.1, -0.05) is 18.2 Å². The lowest BCUT2D eigenvalue weighted by molar-refractivity contribution is -0.120. The first kappa shape index (κ1) is 13.7. The Balaban J connectivity index is 1.98. The van der Waals surface area contributed by atoms with Crippen molar-refractivity contribution in [1.29, 1.82) is 0 Å². The number of carbonyl (C=O) groups is 2. The molecule has 7 heteroatoms. The molecule has 1 aliphatic heterocycles. The number of nitrogens with one attached hydrogen (secondary N) is 1. The summed E-state index contributed by atoms with van der Waals surface area (Å²) in [7, 11) is 0. The van der Waals surface area contributed by atoms with Gasteiger partial charge in [-0.15, -0.1) is 0 Å². The maximum atomic E-state index is 12.0. The standard InChI is InChI=1S/C15H11N3O4/c19-12-6-5-8(7-10(12)14(21)22)16-15-17-11-4-2-1-3-9(11)13(20)18-15/h1-7,9,19H,(H,21,22)(H,16,18,20). The summed E-state index contributed by atoms with van der Waals surface area (Å²) in [6.07, 6.45) is 6.99. The molecular weight excluding hydrogens is 286 g/mol. The lowest BCUT2D eigenvalue weighted by atomic mass is 9.96. The van der Waals surface area contributed by atoms with Gasteiger partial charge in [0.05, 0.1) is 17.3 Å². The number of nitrogens with zero attached hydrogens (tertiary/aromatic N) is 2. The molecule has 0 saturated carbocycles. The Morgan fingerprint density at radius 3 is 2.91 bits per heavy atom. The second-order valence-electron chi connectivity index (χ2n) is 4.69. The molecule has 0 bridgehead atoms.